The van der Waals surface area contributed by atoms with Crippen LogP contribution < -0.4 is 4.74 Å². The van der Waals surface area contributed by atoms with Gasteiger partial charge in [0.15, 0.2) is 0 Å². The van der Waals surface area contributed by atoms with Gasteiger partial charge in [0.05, 0.1) is 20.6 Å². The number of thioether (sulfide) groups is 1. The first kappa shape index (κ1) is 11.9. The smallest absolute Gasteiger partial charge is 0.306 e. The maximum absolute atomic E-state index is 10.8. The summed E-state index contributed by atoms with van der Waals surface area (Å²) in [6.45, 7) is 0. The zero-order chi connectivity index (χ0) is 11.1. The molecule has 0 fully saturated rings. The lowest BCUT2D eigenvalue weighted by Gasteiger charge is -2.02. The number of rotatable bonds is 5. The lowest BCUT2D eigenvalue weighted by molar-refractivity contribution is -0.140. The molecule has 1 aromatic carbocycles. The van der Waals surface area contributed by atoms with E-state index in [9.17, 15) is 4.79 Å². The van der Waals surface area contributed by atoms with E-state index in [-0.39, 0.29) is 5.97 Å². The quantitative estimate of drug-likeness (QED) is 0.570. The molecule has 0 atom stereocenters. The van der Waals surface area contributed by atoms with Gasteiger partial charge in [-0.25, -0.2) is 0 Å². The van der Waals surface area contributed by atoms with Crippen LogP contribution in [0.5, 0.6) is 5.75 Å². The van der Waals surface area contributed by atoms with Gasteiger partial charge in [-0.05, 0) is 24.3 Å². The summed E-state index contributed by atoms with van der Waals surface area (Å²) in [5.41, 5.74) is 0. The number of methoxy groups -OCH3 is 2. The molecule has 4 heteroatoms. The number of ether oxygens (including phenoxy) is 2. The third-order valence-corrected chi connectivity index (χ3v) is 2.88. The van der Waals surface area contributed by atoms with Gasteiger partial charge in [0.25, 0.3) is 0 Å². The van der Waals surface area contributed by atoms with E-state index in [2.05, 4.69) is 4.74 Å². The number of hydrogen-bond donors (Lipinski definition) is 0. The SMILES string of the molecule is COC(=O)CCSc1ccc(OC)cc1. The summed E-state index contributed by atoms with van der Waals surface area (Å²) in [5.74, 6) is 1.40. The van der Waals surface area contributed by atoms with Gasteiger partial charge >= 0.3 is 5.97 Å². The highest BCUT2D eigenvalue weighted by molar-refractivity contribution is 7.99. The van der Waals surface area contributed by atoms with Gasteiger partial charge in [-0.2, -0.15) is 0 Å². The van der Waals surface area contributed by atoms with Crippen LogP contribution in [0.3, 0.4) is 0 Å². The Morgan fingerprint density at radius 3 is 2.47 bits per heavy atom. The van der Waals surface area contributed by atoms with Crippen molar-refractivity contribution in [2.45, 2.75) is 11.3 Å². The van der Waals surface area contributed by atoms with E-state index in [0.717, 1.165) is 16.4 Å². The maximum atomic E-state index is 10.8. The first-order valence-corrected chi connectivity index (χ1v) is 5.58. The molecule has 1 rings (SSSR count). The summed E-state index contributed by atoms with van der Waals surface area (Å²) in [5, 5.41) is 0. The number of hydrogen-bond acceptors (Lipinski definition) is 4. The first-order chi connectivity index (χ1) is 7.26. The molecule has 82 valence electrons. The summed E-state index contributed by atoms with van der Waals surface area (Å²) in [4.78, 5) is 12.0. The van der Waals surface area contributed by atoms with Crippen molar-refractivity contribution in [3.8, 4) is 5.75 Å². The summed E-state index contributed by atoms with van der Waals surface area (Å²) in [6, 6.07) is 7.75. The predicted octanol–water partition coefficient (Wildman–Crippen LogP) is 2.35. The van der Waals surface area contributed by atoms with Crippen molar-refractivity contribution in [3.05, 3.63) is 24.3 Å². The standard InChI is InChI=1S/C11H14O3S/c1-13-9-3-5-10(6-4-9)15-8-7-11(12)14-2/h3-6H,7-8H2,1-2H3. The van der Waals surface area contributed by atoms with Gasteiger partial charge in [0.2, 0.25) is 0 Å². The molecule has 0 aliphatic rings. The Morgan fingerprint density at radius 2 is 1.93 bits per heavy atom. The van der Waals surface area contributed by atoms with Crippen molar-refractivity contribution in [1.82, 2.24) is 0 Å². The second-order valence-corrected chi connectivity index (χ2v) is 4.02. The van der Waals surface area contributed by atoms with Crippen LogP contribution in [0.15, 0.2) is 29.2 Å². The van der Waals surface area contributed by atoms with E-state index in [4.69, 9.17) is 4.74 Å². The second-order valence-electron chi connectivity index (χ2n) is 2.85. The minimum Gasteiger partial charge on any atom is -0.497 e. The molecule has 0 amide bonds. The minimum absolute atomic E-state index is 0.170. The molecule has 0 saturated carbocycles. The Labute approximate surface area is 93.8 Å². The van der Waals surface area contributed by atoms with Crippen molar-refractivity contribution in [2.24, 2.45) is 0 Å². The van der Waals surface area contributed by atoms with Crippen LogP contribution >= 0.6 is 11.8 Å². The fraction of sp³-hybridized carbons (Fsp3) is 0.364. The highest BCUT2D eigenvalue weighted by atomic mass is 32.2. The Morgan fingerprint density at radius 1 is 1.27 bits per heavy atom. The third-order valence-electron chi connectivity index (χ3n) is 1.86. The van der Waals surface area contributed by atoms with E-state index in [1.807, 2.05) is 24.3 Å². The molecular weight excluding hydrogens is 212 g/mol. The predicted molar refractivity (Wildman–Crippen MR) is 60.4 cm³/mol. The molecule has 0 unspecified atom stereocenters. The number of benzene rings is 1. The van der Waals surface area contributed by atoms with Gasteiger partial charge in [0, 0.05) is 10.6 Å². The topological polar surface area (TPSA) is 35.5 Å². The highest BCUT2D eigenvalue weighted by Crippen LogP contribution is 2.21. The van der Waals surface area contributed by atoms with Crippen molar-refractivity contribution < 1.29 is 14.3 Å². The van der Waals surface area contributed by atoms with E-state index < -0.39 is 0 Å². The van der Waals surface area contributed by atoms with Crippen LogP contribution in [-0.2, 0) is 9.53 Å². The molecular formula is C11H14O3S. The van der Waals surface area contributed by atoms with Gasteiger partial charge < -0.3 is 9.47 Å². The fourth-order valence-electron chi connectivity index (χ4n) is 1.03. The molecule has 1 aromatic rings. The lowest BCUT2D eigenvalue weighted by atomic mass is 10.3. The van der Waals surface area contributed by atoms with Crippen molar-refractivity contribution in [3.63, 3.8) is 0 Å². The highest BCUT2D eigenvalue weighted by Gasteiger charge is 2.00. The lowest BCUT2D eigenvalue weighted by Crippen LogP contribution is -2.00. The third kappa shape index (κ3) is 4.25. The fourth-order valence-corrected chi connectivity index (χ4v) is 1.86. The summed E-state index contributed by atoms with van der Waals surface area (Å²) in [7, 11) is 3.04. The molecule has 0 aromatic heterocycles. The van der Waals surface area contributed by atoms with Crippen molar-refractivity contribution in [2.75, 3.05) is 20.0 Å². The monoisotopic (exact) mass is 226 g/mol. The number of carbonyl (C=O) groups excluding carboxylic acids is 1. The molecule has 0 bridgehead atoms. The van der Waals surface area contributed by atoms with Gasteiger partial charge in [-0.1, -0.05) is 0 Å². The summed E-state index contributed by atoms with van der Waals surface area (Å²) in [6.07, 6.45) is 0.438. The van der Waals surface area contributed by atoms with E-state index in [1.165, 1.54) is 7.11 Å². The average molecular weight is 226 g/mol. The van der Waals surface area contributed by atoms with Crippen molar-refractivity contribution >= 4 is 17.7 Å². The molecule has 0 saturated heterocycles. The average Bonchev–Trinajstić information content (AvgIpc) is 2.29. The molecule has 15 heavy (non-hydrogen) atoms. The number of carbonyl (C=O) groups is 1. The van der Waals surface area contributed by atoms with Crippen molar-refractivity contribution in [1.29, 1.82) is 0 Å². The van der Waals surface area contributed by atoms with Crippen LogP contribution in [0.25, 0.3) is 0 Å². The van der Waals surface area contributed by atoms with Crippen LogP contribution in [0.2, 0.25) is 0 Å². The zero-order valence-corrected chi connectivity index (χ0v) is 9.67. The summed E-state index contributed by atoms with van der Waals surface area (Å²) < 4.78 is 9.60. The van der Waals surface area contributed by atoms with Crippen LogP contribution in [0.1, 0.15) is 6.42 Å². The molecule has 0 radical (unpaired) electrons. The zero-order valence-electron chi connectivity index (χ0n) is 8.86. The molecule has 0 aliphatic heterocycles. The maximum Gasteiger partial charge on any atom is 0.306 e. The van der Waals surface area contributed by atoms with Crippen LogP contribution in [-0.4, -0.2) is 25.9 Å². The molecule has 0 heterocycles. The minimum atomic E-state index is -0.170. The normalized spacial score (nSPS) is 9.73. The Kier molecular flexibility index (Phi) is 5.04. The largest absolute Gasteiger partial charge is 0.497 e. The van der Waals surface area contributed by atoms with E-state index in [1.54, 1.807) is 18.9 Å². The van der Waals surface area contributed by atoms with Gasteiger partial charge in [-0.3, -0.25) is 4.79 Å². The van der Waals surface area contributed by atoms with E-state index in [0.29, 0.717) is 6.42 Å². The first-order valence-electron chi connectivity index (χ1n) is 4.60. The van der Waals surface area contributed by atoms with E-state index >= 15 is 0 Å². The van der Waals surface area contributed by atoms with Gasteiger partial charge in [-0.15, -0.1) is 11.8 Å². The number of esters is 1. The summed E-state index contributed by atoms with van der Waals surface area (Å²) >= 11 is 1.63. The Bertz CT molecular complexity index is 308. The second kappa shape index (κ2) is 6.35. The van der Waals surface area contributed by atoms with Crippen LogP contribution in [0.4, 0.5) is 0 Å². The van der Waals surface area contributed by atoms with Gasteiger partial charge in [0.1, 0.15) is 5.75 Å². The Hall–Kier alpha value is -1.16. The molecule has 0 aliphatic carbocycles. The molecule has 0 spiro atoms. The van der Waals surface area contributed by atoms with Crippen LogP contribution in [0, 0.1) is 0 Å². The Balaban J connectivity index is 2.34. The molecule has 0 N–H and O–H groups in total. The molecule has 3 nitrogen and oxygen atoms in total.